The summed E-state index contributed by atoms with van der Waals surface area (Å²) in [5, 5.41) is 0.118. The highest BCUT2D eigenvalue weighted by atomic mass is 28.4. The van der Waals surface area contributed by atoms with Gasteiger partial charge in [-0.3, -0.25) is 4.57 Å². The molecule has 1 saturated carbocycles. The van der Waals surface area contributed by atoms with E-state index >= 15 is 0 Å². The molecule has 0 aromatic carbocycles. The van der Waals surface area contributed by atoms with Crippen LogP contribution < -0.4 is 0 Å². The zero-order valence-electron chi connectivity index (χ0n) is 31.4. The number of fused-ring (bicyclic) bond motifs is 3. The lowest BCUT2D eigenvalue weighted by Crippen LogP contribution is -2.54. The molecular weight excluding hydrogens is 625 g/mol. The summed E-state index contributed by atoms with van der Waals surface area (Å²) in [6, 6.07) is 0. The Balaban J connectivity index is 1.59. The molecular formula is C35H62N4O4Si3. The summed E-state index contributed by atoms with van der Waals surface area (Å²) in [5.41, 5.74) is 2.75. The highest BCUT2D eigenvalue weighted by Crippen LogP contribution is 2.50. The number of allylic oxidation sites excluding steroid dienone is 2. The quantitative estimate of drug-likeness (QED) is 0.192. The van der Waals surface area contributed by atoms with Crippen molar-refractivity contribution in [2.24, 2.45) is 11.8 Å². The van der Waals surface area contributed by atoms with Gasteiger partial charge in [-0.1, -0.05) is 74.5 Å². The van der Waals surface area contributed by atoms with Gasteiger partial charge in [0.15, 0.2) is 36.8 Å². The fourth-order valence-corrected chi connectivity index (χ4v) is 9.92. The van der Waals surface area contributed by atoms with Crippen LogP contribution in [0.25, 0.3) is 11.2 Å². The lowest BCUT2D eigenvalue weighted by molar-refractivity contribution is -0.0470. The Morgan fingerprint density at radius 2 is 1.35 bits per heavy atom. The first-order valence-electron chi connectivity index (χ1n) is 17.4. The first kappa shape index (κ1) is 36.1. The maximum atomic E-state index is 7.39. The number of rotatable bonds is 9. The van der Waals surface area contributed by atoms with E-state index in [0.717, 1.165) is 23.3 Å². The van der Waals surface area contributed by atoms with Crippen molar-refractivity contribution in [2.75, 3.05) is 6.61 Å². The fourth-order valence-electron chi connectivity index (χ4n) is 6.30. The molecule has 2 bridgehead atoms. The third-order valence-electron chi connectivity index (χ3n) is 12.5. The van der Waals surface area contributed by atoms with Crippen molar-refractivity contribution in [3.8, 4) is 0 Å². The average Bonchev–Trinajstić information content (AvgIpc) is 3.69. The van der Waals surface area contributed by atoms with Gasteiger partial charge in [-0.05, 0) is 79.1 Å². The van der Waals surface area contributed by atoms with Gasteiger partial charge in [-0.25, -0.2) is 15.0 Å². The maximum absolute atomic E-state index is 7.39. The predicted molar refractivity (Wildman–Crippen MR) is 195 cm³/mol. The van der Waals surface area contributed by atoms with Gasteiger partial charge in [0.25, 0.3) is 0 Å². The van der Waals surface area contributed by atoms with Crippen molar-refractivity contribution >= 4 is 36.1 Å². The summed E-state index contributed by atoms with van der Waals surface area (Å²) in [6.07, 6.45) is 9.33. The van der Waals surface area contributed by atoms with Crippen LogP contribution in [0.2, 0.25) is 54.4 Å². The Kier molecular flexibility index (Phi) is 9.39. The lowest BCUT2D eigenvalue weighted by atomic mass is 9.90. The Labute approximate surface area is 281 Å². The van der Waals surface area contributed by atoms with E-state index < -0.39 is 31.2 Å². The normalized spacial score (nSPS) is 29.4. The molecule has 11 heteroatoms. The molecule has 258 valence electrons. The van der Waals surface area contributed by atoms with Gasteiger partial charge in [0.1, 0.15) is 30.2 Å². The Hall–Kier alpha value is -1.22. The van der Waals surface area contributed by atoms with E-state index in [4.69, 9.17) is 33.0 Å². The van der Waals surface area contributed by atoms with E-state index in [0.29, 0.717) is 24.4 Å². The van der Waals surface area contributed by atoms with Crippen molar-refractivity contribution in [1.82, 2.24) is 19.5 Å². The largest absolute Gasteiger partial charge is 0.414 e. The number of hydrogen-bond donors (Lipinski definition) is 0. The summed E-state index contributed by atoms with van der Waals surface area (Å²) >= 11 is 0. The van der Waals surface area contributed by atoms with Crippen molar-refractivity contribution in [3.63, 3.8) is 0 Å². The highest BCUT2D eigenvalue weighted by molar-refractivity contribution is 6.75. The number of aromatic nitrogens is 4. The van der Waals surface area contributed by atoms with Crippen LogP contribution in [0.1, 0.15) is 93.0 Å². The molecule has 2 fully saturated rings. The monoisotopic (exact) mass is 686 g/mol. The van der Waals surface area contributed by atoms with Gasteiger partial charge in [0.2, 0.25) is 0 Å². The Morgan fingerprint density at radius 1 is 0.761 bits per heavy atom. The van der Waals surface area contributed by atoms with Gasteiger partial charge in [-0.15, -0.1) is 0 Å². The highest BCUT2D eigenvalue weighted by Gasteiger charge is 2.55. The number of hydrogen-bond acceptors (Lipinski definition) is 7. The molecule has 7 atom stereocenters. The van der Waals surface area contributed by atoms with Crippen molar-refractivity contribution in [3.05, 3.63) is 30.5 Å². The van der Waals surface area contributed by atoms with Crippen LogP contribution in [0.15, 0.2) is 24.8 Å². The van der Waals surface area contributed by atoms with Crippen molar-refractivity contribution in [1.29, 1.82) is 0 Å². The van der Waals surface area contributed by atoms with E-state index in [2.05, 4.69) is 118 Å². The molecule has 0 radical (unpaired) electrons. The van der Waals surface area contributed by atoms with E-state index in [1.165, 1.54) is 6.42 Å². The topological polar surface area (TPSA) is 80.5 Å². The molecule has 1 saturated heterocycles. The smallest absolute Gasteiger partial charge is 0.192 e. The second-order valence-electron chi connectivity index (χ2n) is 18.8. The summed E-state index contributed by atoms with van der Waals surface area (Å²) in [5.74, 6) is 1.57. The van der Waals surface area contributed by atoms with Gasteiger partial charge in [-0.2, -0.15) is 0 Å². The molecule has 0 amide bonds. The van der Waals surface area contributed by atoms with Crippen LogP contribution in [0.5, 0.6) is 0 Å². The van der Waals surface area contributed by atoms with Crippen LogP contribution in [0.3, 0.4) is 0 Å². The van der Waals surface area contributed by atoms with E-state index in [1.807, 2.05) is 6.33 Å². The second kappa shape index (κ2) is 12.0. The lowest BCUT2D eigenvalue weighted by Gasteiger charge is -2.44. The third kappa shape index (κ3) is 6.67. The van der Waals surface area contributed by atoms with Gasteiger partial charge >= 0.3 is 0 Å². The summed E-state index contributed by atoms with van der Waals surface area (Å²) in [4.78, 5) is 14.6. The minimum atomic E-state index is -2.27. The maximum Gasteiger partial charge on any atom is 0.192 e. The molecule has 2 aliphatic carbocycles. The van der Waals surface area contributed by atoms with Crippen LogP contribution in [-0.4, -0.2) is 69.4 Å². The number of nitrogens with zero attached hydrogens (tertiary/aromatic N) is 4. The Bertz CT molecular complexity index is 1440. The van der Waals surface area contributed by atoms with E-state index in [1.54, 1.807) is 6.33 Å². The molecule has 1 aliphatic heterocycles. The van der Waals surface area contributed by atoms with Crippen LogP contribution in [0, 0.1) is 11.8 Å². The molecule has 2 aromatic heterocycles. The number of ether oxygens (including phenoxy) is 1. The van der Waals surface area contributed by atoms with Gasteiger partial charge in [0.05, 0.1) is 18.6 Å². The van der Waals surface area contributed by atoms with Crippen LogP contribution in [-0.2, 0) is 18.0 Å². The molecule has 3 aliphatic rings. The molecule has 0 unspecified atom stereocenters. The van der Waals surface area contributed by atoms with Crippen molar-refractivity contribution in [2.45, 2.75) is 160 Å². The van der Waals surface area contributed by atoms with E-state index in [-0.39, 0.29) is 33.4 Å². The van der Waals surface area contributed by atoms with Crippen LogP contribution in [0.4, 0.5) is 0 Å². The molecule has 0 N–H and O–H groups in total. The second-order valence-corrected chi connectivity index (χ2v) is 33.1. The van der Waals surface area contributed by atoms with E-state index in [9.17, 15) is 0 Å². The zero-order valence-corrected chi connectivity index (χ0v) is 34.4. The molecule has 8 nitrogen and oxygen atoms in total. The zero-order chi connectivity index (χ0) is 34.3. The molecule has 0 spiro atoms. The minimum Gasteiger partial charge on any atom is -0.414 e. The molecule has 5 rings (SSSR count). The molecule has 2 aromatic rings. The third-order valence-corrected chi connectivity index (χ3v) is 25.9. The van der Waals surface area contributed by atoms with Crippen LogP contribution >= 0.6 is 0 Å². The summed E-state index contributed by atoms with van der Waals surface area (Å²) in [6.45, 7) is 35.0. The fraction of sp³-hybridized carbons (Fsp3) is 0.800. The molecule has 46 heavy (non-hydrogen) atoms. The van der Waals surface area contributed by atoms with Gasteiger partial charge < -0.3 is 18.0 Å². The standard InChI is InChI=1S/C35H62N4O4Si3/c1-33(2,3)44(10,11)40-20-26-29(42-45(12,13)34(4,5)6)30(43-46(14,15)35(7,8)9)32(41-26)39-22-38-28-27(36-21-37-31(28)39)25-19-23-16-17-24(25)18-23/h16-17,21-26,29-30,32H,18-20H2,1-15H3/t23-,24+,25-,26+,29+,30+,32+/m0/s1. The first-order chi connectivity index (χ1) is 20.9. The van der Waals surface area contributed by atoms with Crippen molar-refractivity contribution < 1.29 is 18.0 Å². The first-order valence-corrected chi connectivity index (χ1v) is 26.2. The minimum absolute atomic E-state index is 0.0104. The summed E-state index contributed by atoms with van der Waals surface area (Å²) in [7, 11) is -6.56. The Morgan fingerprint density at radius 3 is 1.87 bits per heavy atom. The average molecular weight is 687 g/mol. The molecule has 3 heterocycles. The number of imidazole rings is 1. The summed E-state index contributed by atoms with van der Waals surface area (Å²) < 4.78 is 30.8. The SMILES string of the molecule is CC(C)(C)[Si](C)(C)OC[C@H]1O[C@@H](n2cnc3c([C@H]4C[C@H]5C=C[C@@H]4C5)ncnc32)[C@H](O[Si](C)(C)C(C)(C)C)[C@@H]1O[Si](C)(C)C(C)(C)C. The van der Waals surface area contributed by atoms with Gasteiger partial charge in [0, 0.05) is 5.92 Å². The predicted octanol–water partition coefficient (Wildman–Crippen LogP) is 9.21.